The molecule has 1 aliphatic heterocycles. The number of esters is 1. The van der Waals surface area contributed by atoms with Gasteiger partial charge in [0.05, 0.1) is 12.1 Å². The summed E-state index contributed by atoms with van der Waals surface area (Å²) in [5, 5.41) is 8.08. The van der Waals surface area contributed by atoms with Gasteiger partial charge in [0, 0.05) is 30.1 Å². The summed E-state index contributed by atoms with van der Waals surface area (Å²) in [6.45, 7) is 48.8. The minimum Gasteiger partial charge on any atom is -0.481 e. The average molecular weight is 890 g/mol. The van der Waals surface area contributed by atoms with Crippen LogP contribution in [0.5, 0.6) is 0 Å². The van der Waals surface area contributed by atoms with Crippen molar-refractivity contribution in [3.63, 3.8) is 0 Å². The van der Waals surface area contributed by atoms with Crippen LogP contribution in [-0.4, -0.2) is 40.4 Å². The van der Waals surface area contributed by atoms with Crippen molar-refractivity contribution in [2.24, 2.45) is 52.3 Å². The Hall–Kier alpha value is -3.06. The summed E-state index contributed by atoms with van der Waals surface area (Å²) in [6.07, 6.45) is 14.9. The van der Waals surface area contributed by atoms with E-state index in [0.717, 1.165) is 48.5 Å². The van der Waals surface area contributed by atoms with Crippen LogP contribution < -0.4 is 0 Å². The van der Waals surface area contributed by atoms with Gasteiger partial charge >= 0.3 is 11.9 Å². The van der Waals surface area contributed by atoms with Crippen molar-refractivity contribution >= 4 is 29.5 Å². The summed E-state index contributed by atoms with van der Waals surface area (Å²) in [7, 11) is 0. The third kappa shape index (κ3) is 74.4. The Bertz CT molecular complexity index is 1300. The lowest BCUT2D eigenvalue weighted by Crippen LogP contribution is -2.24. The molecule has 0 fully saturated rings. The maximum atomic E-state index is 11.0. The fraction of sp³-hybridized carbons (Fsp3) is 0.709. The van der Waals surface area contributed by atoms with Gasteiger partial charge in [-0.25, -0.2) is 0 Å². The molecule has 0 bridgehead atoms. The van der Waals surface area contributed by atoms with E-state index in [9.17, 15) is 9.59 Å². The average Bonchev–Trinajstić information content (AvgIpc) is 3.79. The Morgan fingerprint density at radius 2 is 1.21 bits per heavy atom. The van der Waals surface area contributed by atoms with Crippen molar-refractivity contribution in [1.82, 2.24) is 4.98 Å². The highest BCUT2D eigenvalue weighted by molar-refractivity contribution is 7.09. The highest BCUT2D eigenvalue weighted by Crippen LogP contribution is 2.13. The largest absolute Gasteiger partial charge is 0.481 e. The Morgan fingerprint density at radius 3 is 1.47 bits per heavy atom. The van der Waals surface area contributed by atoms with Crippen LogP contribution in [-0.2, 0) is 27.2 Å². The Labute approximate surface area is 391 Å². The van der Waals surface area contributed by atoms with Crippen LogP contribution in [0.3, 0.4) is 0 Å². The van der Waals surface area contributed by atoms with Gasteiger partial charge in [-0.2, -0.15) is 0 Å². The maximum Gasteiger partial charge on any atom is 0.306 e. The van der Waals surface area contributed by atoms with E-state index < -0.39 is 5.97 Å². The van der Waals surface area contributed by atoms with Crippen molar-refractivity contribution in [1.29, 1.82) is 0 Å². The van der Waals surface area contributed by atoms with Gasteiger partial charge in [0.15, 0.2) is 0 Å². The molecule has 0 spiro atoms. The summed E-state index contributed by atoms with van der Waals surface area (Å²) >= 11 is 1.74. The highest BCUT2D eigenvalue weighted by atomic mass is 32.1. The van der Waals surface area contributed by atoms with Crippen LogP contribution in [0.25, 0.3) is 0 Å². The van der Waals surface area contributed by atoms with Crippen LogP contribution in [0, 0.1) is 47.3 Å². The lowest BCUT2D eigenvalue weighted by molar-refractivity contribution is -0.155. The van der Waals surface area contributed by atoms with Gasteiger partial charge in [0.1, 0.15) is 5.60 Å². The molecule has 0 amide bonds. The van der Waals surface area contributed by atoms with Crippen molar-refractivity contribution in [3.05, 3.63) is 76.8 Å². The van der Waals surface area contributed by atoms with Crippen molar-refractivity contribution in [3.8, 4) is 0 Å². The molecule has 0 unspecified atom stereocenters. The molecule has 2 heterocycles. The Morgan fingerprint density at radius 1 is 0.742 bits per heavy atom. The normalized spacial score (nSPS) is 11.1. The number of aliphatic imine (C=N–C) groups is 1. The second-order valence-electron chi connectivity index (χ2n) is 20.1. The topological polar surface area (TPSA) is 88.8 Å². The number of hydrogen-bond acceptors (Lipinski definition) is 6. The van der Waals surface area contributed by atoms with Crippen LogP contribution >= 0.6 is 11.3 Å². The number of carbonyl (C=O) groups is 2. The summed E-state index contributed by atoms with van der Waals surface area (Å²) in [5.74, 6) is 4.62. The van der Waals surface area contributed by atoms with Gasteiger partial charge in [-0.05, 0) is 105 Å². The number of ether oxygens (including phenoxy) is 1. The minimum absolute atomic E-state index is 0. The first-order valence-electron chi connectivity index (χ1n) is 23.2. The standard InChI is InChI=1S/C10H14.C9H18O2.C8H13N.C7H11NS.C6H12.C5H10O2.C5H12.C4H10.CH4/c1-9(2)8-10-6-4-3-5-7-10;1-7(2)6-8(10)11-9(3,4)5;1-7(2)5-8-3-4-9-6-8;1-6(2)3-7-4-8-5-9-7;1-4-5-6(2)3;1-4(2)3-5(6)7;1-4-5(2)3;1-4(2)3;/h3-7,9H,8H2,1-2H3;7H,6H2,1-5H3;3,6-7H,4-5H2,1-2H3;4-6H,3H2,1-2H3;4,6H,1,5H2,2-3H3;4H,3H2,1-2H3,(H,6,7);5H,4H2,1-3H3;4H,1-3H3;1H4. The third-order valence-electron chi connectivity index (χ3n) is 6.97. The summed E-state index contributed by atoms with van der Waals surface area (Å²) in [6, 6.07) is 10.6. The van der Waals surface area contributed by atoms with Crippen molar-refractivity contribution in [2.75, 3.05) is 6.54 Å². The molecule has 0 atom stereocenters. The van der Waals surface area contributed by atoms with Crippen LogP contribution in [0.15, 0.2) is 71.3 Å². The van der Waals surface area contributed by atoms with Gasteiger partial charge in [-0.15, -0.1) is 17.9 Å². The molecule has 0 radical (unpaired) electrons. The van der Waals surface area contributed by atoms with E-state index >= 15 is 0 Å². The van der Waals surface area contributed by atoms with E-state index in [1.807, 2.05) is 72.5 Å². The molecule has 3 rings (SSSR count). The lowest BCUT2D eigenvalue weighted by atomic mass is 10.0. The number of thiazole rings is 1. The number of aromatic nitrogens is 1. The molecule has 364 valence electrons. The van der Waals surface area contributed by atoms with E-state index in [1.54, 1.807) is 11.3 Å². The number of carboxylic acid groups (broad SMARTS) is 1. The molecule has 7 heteroatoms. The van der Waals surface area contributed by atoms with E-state index in [0.29, 0.717) is 12.3 Å². The van der Waals surface area contributed by atoms with E-state index in [-0.39, 0.29) is 31.3 Å². The van der Waals surface area contributed by atoms with Crippen molar-refractivity contribution < 1.29 is 19.4 Å². The highest BCUT2D eigenvalue weighted by Gasteiger charge is 2.16. The number of aliphatic carboxylic acids is 1. The second-order valence-corrected chi connectivity index (χ2v) is 21.1. The number of carboxylic acids is 1. The predicted molar refractivity (Wildman–Crippen MR) is 281 cm³/mol. The molecule has 2 aromatic rings. The number of carbonyl (C=O) groups excluding carboxylic acids is 1. The molecule has 62 heavy (non-hydrogen) atoms. The number of nitrogens with zero attached hydrogens (tertiary/aromatic N) is 2. The smallest absolute Gasteiger partial charge is 0.306 e. The molecule has 1 aromatic heterocycles. The SMILES string of the molecule is C.C=CCC(C)C.CC(C)C.CC(C)CC(=O)O.CC(C)CC(=O)OC(C)(C)C.CC(C)CC1=CCN=C1.CC(C)Cc1ccccc1.CC(C)Cc1cncs1.CCC(C)C. The van der Waals surface area contributed by atoms with Crippen LogP contribution in [0.2, 0.25) is 0 Å². The lowest BCUT2D eigenvalue weighted by Gasteiger charge is -2.19. The number of benzene rings is 1. The molecule has 1 aliphatic rings. The maximum absolute atomic E-state index is 11.0. The van der Waals surface area contributed by atoms with Crippen molar-refractivity contribution in [2.45, 2.75) is 203 Å². The summed E-state index contributed by atoms with van der Waals surface area (Å²) in [5.41, 5.74) is 4.39. The Kier molecular flexibility index (Phi) is 52.3. The van der Waals surface area contributed by atoms with E-state index in [4.69, 9.17) is 9.84 Å². The van der Waals surface area contributed by atoms with Gasteiger partial charge in [0.2, 0.25) is 0 Å². The molecular weight excluding hydrogens is 785 g/mol. The van der Waals surface area contributed by atoms with E-state index in [1.165, 1.54) is 41.7 Å². The molecule has 6 nitrogen and oxygen atoms in total. The van der Waals surface area contributed by atoms with Gasteiger partial charge in [-0.3, -0.25) is 19.6 Å². The first-order valence-corrected chi connectivity index (χ1v) is 24.1. The van der Waals surface area contributed by atoms with Gasteiger partial charge in [-0.1, -0.05) is 181 Å². The minimum atomic E-state index is -0.713. The van der Waals surface area contributed by atoms with Crippen LogP contribution in [0.4, 0.5) is 0 Å². The van der Waals surface area contributed by atoms with Gasteiger partial charge in [0.25, 0.3) is 0 Å². The number of hydrogen-bond donors (Lipinski definition) is 1. The summed E-state index contributed by atoms with van der Waals surface area (Å²) in [4.78, 5) is 30.3. The first kappa shape index (κ1) is 70.6. The quantitative estimate of drug-likeness (QED) is 0.160. The number of rotatable bonds is 13. The zero-order chi connectivity index (χ0) is 48.6. The summed E-state index contributed by atoms with van der Waals surface area (Å²) < 4.78 is 5.11. The fourth-order valence-corrected chi connectivity index (χ4v) is 5.04. The molecular formula is C55H104N2O4S. The fourth-order valence-electron chi connectivity index (χ4n) is 4.23. The molecule has 0 saturated heterocycles. The number of allylic oxidation sites excluding steroid dienone is 2. The molecule has 1 N–H and O–H groups in total. The Balaban J connectivity index is -0.000000147. The first-order chi connectivity index (χ1) is 28.1. The third-order valence-corrected chi connectivity index (χ3v) is 7.77. The predicted octanol–water partition coefficient (Wildman–Crippen LogP) is 17.3. The monoisotopic (exact) mass is 889 g/mol. The van der Waals surface area contributed by atoms with E-state index in [2.05, 4.69) is 150 Å². The zero-order valence-electron chi connectivity index (χ0n) is 43.7. The molecule has 0 aliphatic carbocycles. The van der Waals surface area contributed by atoms with Crippen LogP contribution in [0.1, 0.15) is 195 Å². The zero-order valence-corrected chi connectivity index (χ0v) is 44.5. The molecule has 0 saturated carbocycles. The second kappa shape index (κ2) is 45.9. The van der Waals surface area contributed by atoms with Gasteiger partial charge < -0.3 is 9.84 Å². The molecule has 1 aromatic carbocycles.